The number of hydrogen-bond donors (Lipinski definition) is 0. The second-order valence-corrected chi connectivity index (χ2v) is 4.57. The summed E-state index contributed by atoms with van der Waals surface area (Å²) in [6.07, 6.45) is 0.801. The molecule has 0 saturated carbocycles. The third kappa shape index (κ3) is 1.26. The predicted octanol–water partition coefficient (Wildman–Crippen LogP) is 3.35. The van der Waals surface area contributed by atoms with E-state index in [1.54, 1.807) is 6.07 Å². The lowest BCUT2D eigenvalue weighted by Crippen LogP contribution is -1.76. The lowest BCUT2D eigenvalue weighted by molar-refractivity contribution is 0.112. The highest BCUT2D eigenvalue weighted by atomic mass is 79.9. The maximum absolute atomic E-state index is 10.7. The second kappa shape index (κ2) is 3.52. The summed E-state index contributed by atoms with van der Waals surface area (Å²) >= 11 is 4.72. The van der Waals surface area contributed by atoms with E-state index in [9.17, 15) is 4.79 Å². The zero-order valence-electron chi connectivity index (χ0n) is 6.95. The Balaban J connectivity index is 2.94. The molecule has 0 aliphatic heterocycles. The van der Waals surface area contributed by atoms with Crippen LogP contribution in [0.4, 0.5) is 0 Å². The van der Waals surface area contributed by atoms with E-state index in [4.69, 9.17) is 5.26 Å². The Morgan fingerprint density at radius 1 is 1.50 bits per heavy atom. The normalized spacial score (nSPS) is 10.0. The van der Waals surface area contributed by atoms with Gasteiger partial charge in [-0.2, -0.15) is 5.26 Å². The van der Waals surface area contributed by atoms with Gasteiger partial charge in [0.2, 0.25) is 0 Å². The van der Waals surface area contributed by atoms with E-state index in [0.717, 1.165) is 20.8 Å². The van der Waals surface area contributed by atoms with Crippen LogP contribution in [-0.4, -0.2) is 6.29 Å². The van der Waals surface area contributed by atoms with Crippen LogP contribution in [-0.2, 0) is 0 Å². The van der Waals surface area contributed by atoms with Crippen LogP contribution < -0.4 is 0 Å². The standard InChI is InChI=1S/C10H4BrNOS/c11-10-8(5-13)14-7-3-1-2-6(4-12)9(7)10/h1-3,5H. The Morgan fingerprint density at radius 3 is 2.93 bits per heavy atom. The van der Waals surface area contributed by atoms with Gasteiger partial charge < -0.3 is 0 Å². The van der Waals surface area contributed by atoms with Crippen LogP contribution in [0.1, 0.15) is 15.2 Å². The first kappa shape index (κ1) is 9.38. The summed E-state index contributed by atoms with van der Waals surface area (Å²) in [6.45, 7) is 0. The molecule has 14 heavy (non-hydrogen) atoms. The third-order valence-corrected chi connectivity index (χ3v) is 4.08. The first-order valence-corrected chi connectivity index (χ1v) is 5.45. The van der Waals surface area contributed by atoms with Gasteiger partial charge in [0, 0.05) is 14.6 Å². The minimum atomic E-state index is 0.596. The van der Waals surface area contributed by atoms with E-state index in [1.165, 1.54) is 11.3 Å². The number of carbonyl (C=O) groups excluding carboxylic acids is 1. The summed E-state index contributed by atoms with van der Waals surface area (Å²) in [5.74, 6) is 0. The summed E-state index contributed by atoms with van der Waals surface area (Å²) in [5, 5.41) is 9.72. The highest BCUT2D eigenvalue weighted by molar-refractivity contribution is 9.10. The first-order chi connectivity index (χ1) is 6.77. The number of hydrogen-bond acceptors (Lipinski definition) is 3. The molecule has 0 N–H and O–H groups in total. The van der Waals surface area contributed by atoms with Crippen LogP contribution in [0.5, 0.6) is 0 Å². The molecule has 0 amide bonds. The fourth-order valence-corrected chi connectivity index (χ4v) is 3.13. The molecule has 2 rings (SSSR count). The van der Waals surface area contributed by atoms with Crippen molar-refractivity contribution in [3.05, 3.63) is 33.1 Å². The molecule has 0 fully saturated rings. The number of nitriles is 1. The lowest BCUT2D eigenvalue weighted by atomic mass is 10.1. The summed E-state index contributed by atoms with van der Waals surface area (Å²) in [6, 6.07) is 7.57. The number of benzene rings is 1. The fourth-order valence-electron chi connectivity index (χ4n) is 1.30. The average molecular weight is 266 g/mol. The Hall–Kier alpha value is -1.18. The molecule has 2 aromatic rings. The van der Waals surface area contributed by atoms with E-state index in [2.05, 4.69) is 22.0 Å². The van der Waals surface area contributed by atoms with Crippen molar-refractivity contribution >= 4 is 43.6 Å². The van der Waals surface area contributed by atoms with E-state index < -0.39 is 0 Å². The van der Waals surface area contributed by atoms with Crippen LogP contribution in [0.15, 0.2) is 22.7 Å². The molecule has 1 aromatic heterocycles. The zero-order chi connectivity index (χ0) is 10.1. The molecule has 0 aliphatic rings. The van der Waals surface area contributed by atoms with Crippen LogP contribution >= 0.6 is 27.3 Å². The van der Waals surface area contributed by atoms with Gasteiger partial charge in [0.1, 0.15) is 0 Å². The van der Waals surface area contributed by atoms with Gasteiger partial charge in [-0.15, -0.1) is 11.3 Å². The molecule has 1 aromatic carbocycles. The summed E-state index contributed by atoms with van der Waals surface area (Å²) in [5.41, 5.74) is 0.596. The predicted molar refractivity (Wildman–Crippen MR) is 59.6 cm³/mol. The first-order valence-electron chi connectivity index (χ1n) is 3.84. The number of thiophene rings is 1. The smallest absolute Gasteiger partial charge is 0.161 e. The van der Waals surface area contributed by atoms with Gasteiger partial charge in [-0.1, -0.05) is 6.07 Å². The minimum Gasteiger partial charge on any atom is -0.297 e. The summed E-state index contributed by atoms with van der Waals surface area (Å²) in [7, 11) is 0. The molecule has 0 spiro atoms. The molecule has 0 unspecified atom stereocenters. The van der Waals surface area contributed by atoms with Gasteiger partial charge >= 0.3 is 0 Å². The van der Waals surface area contributed by atoms with Gasteiger partial charge in [-0.3, -0.25) is 4.79 Å². The SMILES string of the molecule is N#Cc1cccc2sc(C=O)c(Br)c12. The number of rotatable bonds is 1. The van der Waals surface area contributed by atoms with E-state index in [-0.39, 0.29) is 0 Å². The Labute approximate surface area is 92.9 Å². The highest BCUT2D eigenvalue weighted by Crippen LogP contribution is 2.36. The molecule has 0 saturated heterocycles. The van der Waals surface area contributed by atoms with Crippen molar-refractivity contribution in [1.82, 2.24) is 0 Å². The van der Waals surface area contributed by atoms with Gasteiger partial charge in [0.25, 0.3) is 0 Å². The molecule has 0 radical (unpaired) electrons. The summed E-state index contributed by atoms with van der Waals surface area (Å²) in [4.78, 5) is 11.3. The zero-order valence-corrected chi connectivity index (χ0v) is 9.35. The minimum absolute atomic E-state index is 0.596. The van der Waals surface area contributed by atoms with Crippen molar-refractivity contribution in [2.45, 2.75) is 0 Å². The molecule has 0 aliphatic carbocycles. The van der Waals surface area contributed by atoms with Crippen molar-refractivity contribution in [3.8, 4) is 6.07 Å². The van der Waals surface area contributed by atoms with Crippen LogP contribution in [0.3, 0.4) is 0 Å². The van der Waals surface area contributed by atoms with Gasteiger partial charge in [0.05, 0.1) is 16.5 Å². The number of fused-ring (bicyclic) bond motifs is 1. The van der Waals surface area contributed by atoms with E-state index in [1.807, 2.05) is 12.1 Å². The second-order valence-electron chi connectivity index (χ2n) is 2.69. The molecule has 2 nitrogen and oxygen atoms in total. The van der Waals surface area contributed by atoms with Crippen molar-refractivity contribution in [1.29, 1.82) is 5.26 Å². The molecule has 1 heterocycles. The molecular formula is C10H4BrNOS. The molecule has 0 bridgehead atoms. The highest BCUT2D eigenvalue weighted by Gasteiger charge is 2.11. The molecule has 68 valence electrons. The van der Waals surface area contributed by atoms with Crippen molar-refractivity contribution < 1.29 is 4.79 Å². The quantitative estimate of drug-likeness (QED) is 0.742. The molecule has 0 atom stereocenters. The Morgan fingerprint density at radius 2 is 2.29 bits per heavy atom. The monoisotopic (exact) mass is 265 g/mol. The Kier molecular flexibility index (Phi) is 2.36. The Bertz CT molecular complexity index is 553. The van der Waals surface area contributed by atoms with Crippen molar-refractivity contribution in [2.24, 2.45) is 0 Å². The van der Waals surface area contributed by atoms with Crippen LogP contribution in [0.2, 0.25) is 0 Å². The van der Waals surface area contributed by atoms with Gasteiger partial charge in [-0.25, -0.2) is 0 Å². The van der Waals surface area contributed by atoms with Gasteiger partial charge in [-0.05, 0) is 28.1 Å². The summed E-state index contributed by atoms with van der Waals surface area (Å²) < 4.78 is 1.68. The maximum Gasteiger partial charge on any atom is 0.161 e. The van der Waals surface area contributed by atoms with Gasteiger partial charge in [0.15, 0.2) is 6.29 Å². The number of halogens is 1. The number of aldehydes is 1. The van der Waals surface area contributed by atoms with E-state index >= 15 is 0 Å². The average Bonchev–Trinajstić information content (AvgIpc) is 2.55. The maximum atomic E-state index is 10.7. The third-order valence-electron chi connectivity index (χ3n) is 1.91. The van der Waals surface area contributed by atoms with E-state index in [0.29, 0.717) is 10.4 Å². The topological polar surface area (TPSA) is 40.9 Å². The number of nitrogens with zero attached hydrogens (tertiary/aromatic N) is 1. The van der Waals surface area contributed by atoms with Crippen molar-refractivity contribution in [3.63, 3.8) is 0 Å². The van der Waals surface area contributed by atoms with Crippen LogP contribution in [0.25, 0.3) is 10.1 Å². The molecular weight excluding hydrogens is 262 g/mol. The largest absolute Gasteiger partial charge is 0.297 e. The number of carbonyl (C=O) groups is 1. The lowest BCUT2D eigenvalue weighted by Gasteiger charge is -1.92. The molecule has 4 heteroatoms. The fraction of sp³-hybridized carbons (Fsp3) is 0. The van der Waals surface area contributed by atoms with Crippen molar-refractivity contribution in [2.75, 3.05) is 0 Å². The van der Waals surface area contributed by atoms with Crippen LogP contribution in [0, 0.1) is 11.3 Å².